The van der Waals surface area contributed by atoms with Crippen molar-refractivity contribution in [1.29, 1.82) is 0 Å². The molecule has 0 aromatic heterocycles. The van der Waals surface area contributed by atoms with Gasteiger partial charge in [-0.25, -0.2) is 9.18 Å². The predicted octanol–water partition coefficient (Wildman–Crippen LogP) is 2.36. The van der Waals surface area contributed by atoms with E-state index in [-0.39, 0.29) is 11.5 Å². The minimum Gasteiger partial charge on any atom is -0.480 e. The van der Waals surface area contributed by atoms with Crippen molar-refractivity contribution in [3.8, 4) is 0 Å². The average Bonchev–Trinajstić information content (AvgIpc) is 2.33. The van der Waals surface area contributed by atoms with Crippen molar-refractivity contribution in [2.45, 2.75) is 33.2 Å². The van der Waals surface area contributed by atoms with E-state index >= 15 is 0 Å². The number of benzene rings is 1. The Hall–Kier alpha value is -1.91. The Morgan fingerprint density at radius 3 is 2.47 bits per heavy atom. The van der Waals surface area contributed by atoms with Crippen LogP contribution in [0.4, 0.5) is 4.39 Å². The van der Waals surface area contributed by atoms with Crippen LogP contribution in [-0.2, 0) is 4.79 Å². The second-order valence-corrected chi connectivity index (χ2v) is 4.69. The number of carbonyl (C=O) groups is 2. The zero-order valence-electron chi connectivity index (χ0n) is 11.2. The van der Waals surface area contributed by atoms with Crippen LogP contribution in [0, 0.1) is 18.7 Å². The molecule has 0 bridgehead atoms. The smallest absolute Gasteiger partial charge is 0.326 e. The van der Waals surface area contributed by atoms with Crippen LogP contribution in [0.2, 0.25) is 0 Å². The van der Waals surface area contributed by atoms with Gasteiger partial charge in [-0.15, -0.1) is 0 Å². The van der Waals surface area contributed by atoms with Gasteiger partial charge >= 0.3 is 5.97 Å². The topological polar surface area (TPSA) is 66.4 Å². The molecule has 0 aliphatic heterocycles. The third-order valence-corrected chi connectivity index (χ3v) is 3.07. The number of nitrogens with one attached hydrogen (secondary N) is 1. The van der Waals surface area contributed by atoms with Crippen molar-refractivity contribution < 1.29 is 19.1 Å². The molecule has 0 fully saturated rings. The minimum absolute atomic E-state index is 0.132. The minimum atomic E-state index is -1.09. The summed E-state index contributed by atoms with van der Waals surface area (Å²) in [6, 6.07) is 2.95. The van der Waals surface area contributed by atoms with Gasteiger partial charge in [0, 0.05) is 5.56 Å². The second kappa shape index (κ2) is 6.31. The maximum atomic E-state index is 13.2. The molecule has 2 atom stereocenters. The van der Waals surface area contributed by atoms with Gasteiger partial charge in [-0.3, -0.25) is 4.79 Å². The third-order valence-electron chi connectivity index (χ3n) is 3.07. The quantitative estimate of drug-likeness (QED) is 0.860. The molecule has 0 saturated heterocycles. The lowest BCUT2D eigenvalue weighted by atomic mass is 9.99. The van der Waals surface area contributed by atoms with Crippen LogP contribution in [0.1, 0.15) is 36.2 Å². The van der Waals surface area contributed by atoms with Crippen molar-refractivity contribution in [1.82, 2.24) is 5.32 Å². The van der Waals surface area contributed by atoms with E-state index in [1.54, 1.807) is 13.8 Å². The number of halogens is 1. The summed E-state index contributed by atoms with van der Waals surface area (Å²) in [4.78, 5) is 23.1. The molecule has 104 valence electrons. The predicted molar refractivity (Wildman–Crippen MR) is 69.5 cm³/mol. The number of carboxylic acids is 1. The van der Waals surface area contributed by atoms with Gasteiger partial charge in [0.2, 0.25) is 0 Å². The first-order valence-electron chi connectivity index (χ1n) is 6.16. The summed E-state index contributed by atoms with van der Waals surface area (Å²) >= 11 is 0. The highest BCUT2D eigenvalue weighted by atomic mass is 19.1. The molecule has 1 aromatic rings. The third kappa shape index (κ3) is 4.05. The number of hydrogen-bond donors (Lipinski definition) is 2. The highest BCUT2D eigenvalue weighted by molar-refractivity contribution is 5.96. The lowest BCUT2D eigenvalue weighted by molar-refractivity contribution is -0.140. The normalized spacial score (nSPS) is 13.7. The fraction of sp³-hybridized carbons (Fsp3) is 0.429. The molecule has 4 nitrogen and oxygen atoms in total. The van der Waals surface area contributed by atoms with Crippen molar-refractivity contribution in [3.05, 3.63) is 35.1 Å². The first kappa shape index (κ1) is 15.1. The molecule has 1 rings (SSSR count). The summed E-state index contributed by atoms with van der Waals surface area (Å²) in [7, 11) is 0. The van der Waals surface area contributed by atoms with Crippen LogP contribution in [0.3, 0.4) is 0 Å². The maximum Gasteiger partial charge on any atom is 0.326 e. The van der Waals surface area contributed by atoms with Crippen molar-refractivity contribution >= 4 is 11.9 Å². The standard InChI is InChI=1S/C14H18FNO3/c1-4-9(3)12(14(18)19)16-13(17)10-5-8(2)6-11(15)7-10/h5-7,9,12H,4H2,1-3H3,(H,16,17)(H,18,19)/t9?,12-/m0/s1. The van der Waals surface area contributed by atoms with Gasteiger partial charge in [0.05, 0.1) is 0 Å². The lowest BCUT2D eigenvalue weighted by Crippen LogP contribution is -2.45. The number of aliphatic carboxylic acids is 1. The molecule has 0 aliphatic carbocycles. The van der Waals surface area contributed by atoms with Crippen LogP contribution < -0.4 is 5.32 Å². The van der Waals surface area contributed by atoms with Gasteiger partial charge in [-0.2, -0.15) is 0 Å². The summed E-state index contributed by atoms with van der Waals surface area (Å²) in [5.41, 5.74) is 0.743. The molecule has 0 saturated carbocycles. The van der Waals surface area contributed by atoms with E-state index in [1.165, 1.54) is 12.1 Å². The molecule has 0 aliphatic rings. The zero-order valence-corrected chi connectivity index (χ0v) is 11.2. The number of hydrogen-bond acceptors (Lipinski definition) is 2. The Bertz CT molecular complexity index is 467. The summed E-state index contributed by atoms with van der Waals surface area (Å²) in [6.45, 7) is 5.26. The second-order valence-electron chi connectivity index (χ2n) is 4.69. The van der Waals surface area contributed by atoms with Gasteiger partial charge in [0.15, 0.2) is 0 Å². The van der Waals surface area contributed by atoms with E-state index in [1.807, 2.05) is 6.92 Å². The van der Waals surface area contributed by atoms with Gasteiger partial charge in [0.1, 0.15) is 11.9 Å². The number of amides is 1. The molecule has 0 radical (unpaired) electrons. The first-order chi connectivity index (χ1) is 8.85. The Morgan fingerprint density at radius 1 is 1.37 bits per heavy atom. The van der Waals surface area contributed by atoms with Crippen LogP contribution >= 0.6 is 0 Å². The summed E-state index contributed by atoms with van der Waals surface area (Å²) < 4.78 is 13.2. The first-order valence-corrected chi connectivity index (χ1v) is 6.16. The van der Waals surface area contributed by atoms with E-state index in [0.29, 0.717) is 12.0 Å². The Labute approximate surface area is 111 Å². The Kier molecular flexibility index (Phi) is 5.03. The van der Waals surface area contributed by atoms with Gasteiger partial charge in [0.25, 0.3) is 5.91 Å². The largest absolute Gasteiger partial charge is 0.480 e. The summed E-state index contributed by atoms with van der Waals surface area (Å²) in [5, 5.41) is 11.5. The Balaban J connectivity index is 2.90. The molecule has 0 spiro atoms. The van der Waals surface area contributed by atoms with Gasteiger partial charge in [-0.1, -0.05) is 20.3 Å². The molecule has 2 N–H and O–H groups in total. The van der Waals surface area contributed by atoms with E-state index in [0.717, 1.165) is 6.07 Å². The van der Waals surface area contributed by atoms with Crippen LogP contribution in [0.25, 0.3) is 0 Å². The zero-order chi connectivity index (χ0) is 14.6. The number of aryl methyl sites for hydroxylation is 1. The van der Waals surface area contributed by atoms with E-state index < -0.39 is 23.7 Å². The molecular weight excluding hydrogens is 249 g/mol. The van der Waals surface area contributed by atoms with Crippen LogP contribution in [-0.4, -0.2) is 23.0 Å². The summed E-state index contributed by atoms with van der Waals surface area (Å²) in [5.74, 6) is -2.37. The molecule has 1 aromatic carbocycles. The average molecular weight is 267 g/mol. The molecule has 0 heterocycles. The molecular formula is C14H18FNO3. The highest BCUT2D eigenvalue weighted by Crippen LogP contribution is 2.12. The van der Waals surface area contributed by atoms with Gasteiger partial charge < -0.3 is 10.4 Å². The summed E-state index contributed by atoms with van der Waals surface area (Å²) in [6.07, 6.45) is 0.624. The fourth-order valence-corrected chi connectivity index (χ4v) is 1.78. The van der Waals surface area contributed by atoms with Crippen LogP contribution in [0.5, 0.6) is 0 Å². The monoisotopic (exact) mass is 267 g/mol. The SMILES string of the molecule is CCC(C)[C@H](NC(=O)c1cc(C)cc(F)c1)C(=O)O. The number of carboxylic acid groups (broad SMARTS) is 1. The fourth-order valence-electron chi connectivity index (χ4n) is 1.78. The maximum absolute atomic E-state index is 13.2. The molecule has 5 heteroatoms. The van der Waals surface area contributed by atoms with E-state index in [4.69, 9.17) is 5.11 Å². The van der Waals surface area contributed by atoms with E-state index in [2.05, 4.69) is 5.32 Å². The molecule has 1 unspecified atom stereocenters. The highest BCUT2D eigenvalue weighted by Gasteiger charge is 2.25. The number of rotatable bonds is 5. The lowest BCUT2D eigenvalue weighted by Gasteiger charge is -2.20. The van der Waals surface area contributed by atoms with Crippen molar-refractivity contribution in [3.63, 3.8) is 0 Å². The van der Waals surface area contributed by atoms with Crippen molar-refractivity contribution in [2.24, 2.45) is 5.92 Å². The van der Waals surface area contributed by atoms with E-state index in [9.17, 15) is 14.0 Å². The Morgan fingerprint density at radius 2 is 2.00 bits per heavy atom. The molecule has 19 heavy (non-hydrogen) atoms. The molecule has 1 amide bonds. The van der Waals surface area contributed by atoms with Crippen molar-refractivity contribution in [2.75, 3.05) is 0 Å². The number of carbonyl (C=O) groups excluding carboxylic acids is 1. The van der Waals surface area contributed by atoms with Crippen LogP contribution in [0.15, 0.2) is 18.2 Å². The van der Waals surface area contributed by atoms with Gasteiger partial charge in [-0.05, 0) is 36.6 Å².